The number of nitrogens with zero attached hydrogens (tertiary/aromatic N) is 1. The Bertz CT molecular complexity index is 1320. The summed E-state index contributed by atoms with van der Waals surface area (Å²) in [5.41, 5.74) is 4.37. The van der Waals surface area contributed by atoms with Gasteiger partial charge in [0.1, 0.15) is 0 Å². The number of carbonyl (C=O) groups excluding carboxylic acids is 2. The summed E-state index contributed by atoms with van der Waals surface area (Å²) >= 11 is 0. The first-order valence-electron chi connectivity index (χ1n) is 11.2. The van der Waals surface area contributed by atoms with Crippen molar-refractivity contribution in [3.63, 3.8) is 0 Å². The summed E-state index contributed by atoms with van der Waals surface area (Å²) in [5, 5.41) is 5.16. The van der Waals surface area contributed by atoms with E-state index in [1.54, 1.807) is 54.6 Å². The van der Waals surface area contributed by atoms with E-state index in [1.807, 2.05) is 26.0 Å². The number of hydrogen-bond donors (Lipinski definition) is 2. The minimum atomic E-state index is -3.76. The number of benzene rings is 3. The summed E-state index contributed by atoms with van der Waals surface area (Å²) in [6.45, 7) is 4.28. The van der Waals surface area contributed by atoms with Crippen LogP contribution in [-0.2, 0) is 32.5 Å². The van der Waals surface area contributed by atoms with E-state index in [0.717, 1.165) is 29.5 Å². The fraction of sp³-hybridized carbons (Fsp3) is 0.231. The Balaban J connectivity index is 1.53. The number of hydrogen-bond acceptors (Lipinski definition) is 4. The first kappa shape index (κ1) is 23.5. The topological polar surface area (TPSA) is 95.6 Å². The Kier molecular flexibility index (Phi) is 6.70. The minimum Gasteiger partial charge on any atom is -0.318 e. The van der Waals surface area contributed by atoms with Crippen LogP contribution in [0.5, 0.6) is 0 Å². The maximum absolute atomic E-state index is 13.3. The van der Waals surface area contributed by atoms with Crippen LogP contribution in [0, 0.1) is 6.92 Å². The first-order chi connectivity index (χ1) is 16.3. The van der Waals surface area contributed by atoms with Gasteiger partial charge in [0, 0.05) is 17.9 Å². The largest absolute Gasteiger partial charge is 0.318 e. The summed E-state index contributed by atoms with van der Waals surface area (Å²) in [7, 11) is -3.76. The van der Waals surface area contributed by atoms with Gasteiger partial charge >= 0.3 is 11.8 Å². The third kappa shape index (κ3) is 4.97. The van der Waals surface area contributed by atoms with E-state index in [-0.39, 0.29) is 4.90 Å². The number of rotatable bonds is 5. The van der Waals surface area contributed by atoms with Crippen molar-refractivity contribution in [3.8, 4) is 0 Å². The Morgan fingerprint density at radius 1 is 0.882 bits per heavy atom. The SMILES string of the molecule is CCc1ccc(NC(=O)C(=O)Nc2ccc3c(c2)N(S(=O)(=O)c2ccc(C)cc2)CCC3)cc1. The van der Waals surface area contributed by atoms with Crippen LogP contribution in [0.2, 0.25) is 0 Å². The third-order valence-electron chi connectivity index (χ3n) is 5.85. The molecule has 0 spiro atoms. The normalized spacial score (nSPS) is 13.2. The van der Waals surface area contributed by atoms with Gasteiger partial charge in [0.05, 0.1) is 10.6 Å². The number of aryl methyl sites for hydroxylation is 3. The summed E-state index contributed by atoms with van der Waals surface area (Å²) in [6, 6.07) is 19.1. The molecule has 7 nitrogen and oxygen atoms in total. The second kappa shape index (κ2) is 9.69. The summed E-state index contributed by atoms with van der Waals surface area (Å²) in [4.78, 5) is 25.1. The molecule has 2 amide bonds. The molecule has 8 heteroatoms. The molecule has 0 aromatic heterocycles. The van der Waals surface area contributed by atoms with Crippen molar-refractivity contribution in [1.29, 1.82) is 0 Å². The predicted molar refractivity (Wildman–Crippen MR) is 134 cm³/mol. The zero-order valence-corrected chi connectivity index (χ0v) is 20.0. The molecule has 1 aliphatic rings. The highest BCUT2D eigenvalue weighted by atomic mass is 32.2. The lowest BCUT2D eigenvalue weighted by atomic mass is 10.0. The molecule has 4 rings (SSSR count). The van der Waals surface area contributed by atoms with E-state index in [2.05, 4.69) is 10.6 Å². The van der Waals surface area contributed by atoms with Gasteiger partial charge in [-0.3, -0.25) is 13.9 Å². The lowest BCUT2D eigenvalue weighted by Crippen LogP contribution is -2.35. The zero-order valence-electron chi connectivity index (χ0n) is 19.2. The standard InChI is InChI=1S/C26H27N3O4S/c1-3-19-8-11-21(12-9-19)27-25(30)26(31)28-22-13-10-20-5-4-16-29(24(20)17-22)34(32,33)23-14-6-18(2)7-15-23/h6-15,17H,3-5,16H2,1-2H3,(H,27,30)(H,28,31). The molecule has 0 aliphatic carbocycles. The molecule has 0 saturated carbocycles. The summed E-state index contributed by atoms with van der Waals surface area (Å²) in [6.07, 6.45) is 2.31. The Labute approximate surface area is 199 Å². The van der Waals surface area contributed by atoms with E-state index in [1.165, 1.54) is 4.31 Å². The van der Waals surface area contributed by atoms with E-state index < -0.39 is 21.8 Å². The van der Waals surface area contributed by atoms with E-state index in [9.17, 15) is 18.0 Å². The van der Waals surface area contributed by atoms with Crippen LogP contribution < -0.4 is 14.9 Å². The highest BCUT2D eigenvalue weighted by Crippen LogP contribution is 2.34. The molecule has 0 bridgehead atoms. The van der Waals surface area contributed by atoms with Gasteiger partial charge in [-0.05, 0) is 73.7 Å². The van der Waals surface area contributed by atoms with Gasteiger partial charge in [-0.2, -0.15) is 0 Å². The van der Waals surface area contributed by atoms with Crippen LogP contribution in [0.15, 0.2) is 71.6 Å². The van der Waals surface area contributed by atoms with Gasteiger partial charge in [0.25, 0.3) is 10.0 Å². The fourth-order valence-corrected chi connectivity index (χ4v) is 5.44. The molecule has 2 N–H and O–H groups in total. The average Bonchev–Trinajstić information content (AvgIpc) is 2.84. The second-order valence-electron chi connectivity index (χ2n) is 8.30. The number of carbonyl (C=O) groups is 2. The highest BCUT2D eigenvalue weighted by molar-refractivity contribution is 7.92. The number of nitrogens with one attached hydrogen (secondary N) is 2. The van der Waals surface area contributed by atoms with Crippen molar-refractivity contribution >= 4 is 38.9 Å². The average molecular weight is 478 g/mol. The molecule has 0 atom stereocenters. The third-order valence-corrected chi connectivity index (χ3v) is 7.68. The highest BCUT2D eigenvalue weighted by Gasteiger charge is 2.29. The zero-order chi connectivity index (χ0) is 24.3. The minimum absolute atomic E-state index is 0.217. The van der Waals surface area contributed by atoms with Gasteiger partial charge in [0.2, 0.25) is 0 Å². The van der Waals surface area contributed by atoms with Gasteiger partial charge < -0.3 is 10.6 Å². The molecule has 176 valence electrons. The Morgan fingerprint density at radius 2 is 1.50 bits per heavy atom. The van der Waals surface area contributed by atoms with Gasteiger partial charge in [0.15, 0.2) is 0 Å². The molecule has 0 fully saturated rings. The maximum Gasteiger partial charge on any atom is 0.314 e. The van der Waals surface area contributed by atoms with Gasteiger partial charge in [-0.25, -0.2) is 8.42 Å². The van der Waals surface area contributed by atoms with Crippen LogP contribution in [0.1, 0.15) is 30.0 Å². The number of anilines is 3. The Morgan fingerprint density at radius 3 is 2.15 bits per heavy atom. The number of amides is 2. The quantitative estimate of drug-likeness (QED) is 0.536. The Hall–Kier alpha value is -3.65. The molecule has 0 unspecified atom stereocenters. The van der Waals surface area contributed by atoms with E-state index >= 15 is 0 Å². The molecule has 0 radical (unpaired) electrons. The fourth-order valence-electron chi connectivity index (χ4n) is 3.91. The van der Waals surface area contributed by atoms with Crippen LogP contribution in [0.25, 0.3) is 0 Å². The maximum atomic E-state index is 13.3. The van der Waals surface area contributed by atoms with Crippen molar-refractivity contribution in [2.75, 3.05) is 21.5 Å². The molecule has 1 aliphatic heterocycles. The number of sulfonamides is 1. The molecule has 0 saturated heterocycles. The van der Waals surface area contributed by atoms with Crippen LogP contribution in [0.4, 0.5) is 17.1 Å². The van der Waals surface area contributed by atoms with Gasteiger partial charge in [-0.1, -0.05) is 42.8 Å². The van der Waals surface area contributed by atoms with Crippen molar-refractivity contribution in [2.24, 2.45) is 0 Å². The lowest BCUT2D eigenvalue weighted by Gasteiger charge is -2.31. The lowest BCUT2D eigenvalue weighted by molar-refractivity contribution is -0.132. The molecule has 34 heavy (non-hydrogen) atoms. The second-order valence-corrected chi connectivity index (χ2v) is 10.2. The van der Waals surface area contributed by atoms with Crippen LogP contribution >= 0.6 is 0 Å². The predicted octanol–water partition coefficient (Wildman–Crippen LogP) is 4.28. The van der Waals surface area contributed by atoms with Crippen molar-refractivity contribution in [1.82, 2.24) is 0 Å². The van der Waals surface area contributed by atoms with Crippen LogP contribution in [-0.4, -0.2) is 26.8 Å². The van der Waals surface area contributed by atoms with Crippen molar-refractivity contribution < 1.29 is 18.0 Å². The molecular weight excluding hydrogens is 450 g/mol. The molecule has 3 aromatic carbocycles. The first-order valence-corrected chi connectivity index (χ1v) is 12.7. The number of fused-ring (bicyclic) bond motifs is 1. The van der Waals surface area contributed by atoms with E-state index in [4.69, 9.17) is 0 Å². The molecule has 3 aromatic rings. The molecular formula is C26H27N3O4S. The van der Waals surface area contributed by atoms with E-state index in [0.29, 0.717) is 30.0 Å². The summed E-state index contributed by atoms with van der Waals surface area (Å²) < 4.78 is 28.0. The van der Waals surface area contributed by atoms with Gasteiger partial charge in [-0.15, -0.1) is 0 Å². The van der Waals surface area contributed by atoms with Crippen molar-refractivity contribution in [3.05, 3.63) is 83.4 Å². The molecule has 1 heterocycles. The monoisotopic (exact) mass is 477 g/mol. The van der Waals surface area contributed by atoms with Crippen molar-refractivity contribution in [2.45, 2.75) is 38.0 Å². The smallest absolute Gasteiger partial charge is 0.314 e. The summed E-state index contributed by atoms with van der Waals surface area (Å²) in [5.74, 6) is -1.63. The van der Waals surface area contributed by atoms with Crippen LogP contribution in [0.3, 0.4) is 0 Å².